The van der Waals surface area contributed by atoms with E-state index in [0.29, 0.717) is 29.2 Å². The number of rotatable bonds is 4. The van der Waals surface area contributed by atoms with Crippen molar-refractivity contribution in [1.29, 1.82) is 0 Å². The van der Waals surface area contributed by atoms with Crippen molar-refractivity contribution in [3.05, 3.63) is 62.2 Å². The molecule has 23 heavy (non-hydrogen) atoms. The first kappa shape index (κ1) is 15.3. The summed E-state index contributed by atoms with van der Waals surface area (Å²) >= 11 is 0. The zero-order valence-corrected chi connectivity index (χ0v) is 13.6. The molecule has 0 fully saturated rings. The van der Waals surface area contributed by atoms with E-state index in [2.05, 4.69) is 23.9 Å². The second-order valence-electron chi connectivity index (χ2n) is 6.33. The zero-order valence-electron chi connectivity index (χ0n) is 13.6. The molecule has 2 aromatic heterocycles. The molecule has 5 nitrogen and oxygen atoms in total. The van der Waals surface area contributed by atoms with Crippen LogP contribution in [0.15, 0.2) is 39.9 Å². The molecular formula is C18H21N3O2. The Morgan fingerprint density at radius 1 is 1.13 bits per heavy atom. The lowest BCUT2D eigenvalue weighted by Gasteiger charge is -2.07. The Hall–Kier alpha value is -2.56. The fourth-order valence-electron chi connectivity index (χ4n) is 2.82. The molecule has 3 rings (SSSR count). The van der Waals surface area contributed by atoms with Crippen molar-refractivity contribution >= 4 is 11.0 Å². The number of benzene rings is 1. The normalized spacial score (nSPS) is 11.5. The van der Waals surface area contributed by atoms with Crippen molar-refractivity contribution < 1.29 is 0 Å². The summed E-state index contributed by atoms with van der Waals surface area (Å²) in [6.45, 7) is 6.14. The Morgan fingerprint density at radius 3 is 2.48 bits per heavy atom. The minimum Gasteiger partial charge on any atom is -0.343 e. The Bertz CT molecular complexity index is 946. The lowest BCUT2D eigenvalue weighted by atomic mass is 10.0. The summed E-state index contributed by atoms with van der Waals surface area (Å²) in [6.07, 6.45) is 1.61. The minimum atomic E-state index is -0.307. The third-order valence-corrected chi connectivity index (χ3v) is 4.14. The van der Waals surface area contributed by atoms with Gasteiger partial charge in [0.25, 0.3) is 5.56 Å². The number of aromatic amines is 2. The Kier molecular flexibility index (Phi) is 3.94. The summed E-state index contributed by atoms with van der Waals surface area (Å²) in [5.74, 6) is 0.511. The van der Waals surface area contributed by atoms with Gasteiger partial charge < -0.3 is 4.98 Å². The molecule has 0 spiro atoms. The molecule has 0 aliphatic carbocycles. The van der Waals surface area contributed by atoms with Crippen LogP contribution in [0.3, 0.4) is 0 Å². The first-order valence-corrected chi connectivity index (χ1v) is 7.91. The Balaban J connectivity index is 2.20. The van der Waals surface area contributed by atoms with Gasteiger partial charge in [-0.1, -0.05) is 32.0 Å². The van der Waals surface area contributed by atoms with Crippen molar-refractivity contribution in [3.63, 3.8) is 0 Å². The second-order valence-corrected chi connectivity index (χ2v) is 6.33. The van der Waals surface area contributed by atoms with Crippen LogP contribution >= 0.6 is 0 Å². The highest BCUT2D eigenvalue weighted by molar-refractivity contribution is 5.75. The number of pyridine rings is 1. The molecule has 0 unspecified atom stereocenters. The van der Waals surface area contributed by atoms with Crippen LogP contribution in [0.25, 0.3) is 16.7 Å². The monoisotopic (exact) mass is 311 g/mol. The van der Waals surface area contributed by atoms with Gasteiger partial charge in [0, 0.05) is 11.3 Å². The summed E-state index contributed by atoms with van der Waals surface area (Å²) in [5.41, 5.74) is 2.26. The van der Waals surface area contributed by atoms with Crippen LogP contribution in [0, 0.1) is 12.8 Å². The van der Waals surface area contributed by atoms with Gasteiger partial charge in [-0.3, -0.25) is 14.7 Å². The maximum absolute atomic E-state index is 12.8. The van der Waals surface area contributed by atoms with Crippen molar-refractivity contribution in [2.75, 3.05) is 0 Å². The predicted molar refractivity (Wildman–Crippen MR) is 92.4 cm³/mol. The average molecular weight is 311 g/mol. The maximum atomic E-state index is 12.8. The highest BCUT2D eigenvalue weighted by atomic mass is 16.1. The summed E-state index contributed by atoms with van der Waals surface area (Å²) < 4.78 is 1.41. The standard InChI is InChI=1S/C18H21N3O2/c1-11(2)9-10-14-12(3)19-17-15(16(14)22)18(23)21(20-17)13-7-5-4-6-8-13/h4-8,11H,9-10H2,1-3H3,(H2,19,20,22). The summed E-state index contributed by atoms with van der Waals surface area (Å²) in [5, 5.41) is 3.21. The highest BCUT2D eigenvalue weighted by Gasteiger charge is 2.16. The fraction of sp³-hybridized carbons (Fsp3) is 0.333. The third kappa shape index (κ3) is 2.74. The van der Waals surface area contributed by atoms with Gasteiger partial charge in [0.2, 0.25) is 0 Å². The van der Waals surface area contributed by atoms with Crippen LogP contribution < -0.4 is 11.0 Å². The van der Waals surface area contributed by atoms with Crippen molar-refractivity contribution in [2.24, 2.45) is 5.92 Å². The van der Waals surface area contributed by atoms with Gasteiger partial charge in [0.1, 0.15) is 11.0 Å². The number of aryl methyl sites for hydroxylation is 1. The Morgan fingerprint density at radius 2 is 1.83 bits per heavy atom. The number of nitrogens with one attached hydrogen (secondary N) is 2. The summed E-state index contributed by atoms with van der Waals surface area (Å²) in [4.78, 5) is 28.6. The van der Waals surface area contributed by atoms with Crippen LogP contribution in [0.5, 0.6) is 0 Å². The van der Waals surface area contributed by atoms with Gasteiger partial charge in [-0.05, 0) is 37.8 Å². The van der Waals surface area contributed by atoms with Gasteiger partial charge in [-0.25, -0.2) is 4.68 Å². The van der Waals surface area contributed by atoms with E-state index >= 15 is 0 Å². The molecule has 0 saturated carbocycles. The minimum absolute atomic E-state index is 0.159. The van der Waals surface area contributed by atoms with Gasteiger partial charge >= 0.3 is 0 Å². The SMILES string of the molecule is Cc1[nH]c2[nH]n(-c3ccccc3)c(=O)c2c(=O)c1CCC(C)C. The van der Waals surface area contributed by atoms with E-state index in [9.17, 15) is 9.59 Å². The van der Waals surface area contributed by atoms with Gasteiger partial charge in [-0.15, -0.1) is 0 Å². The molecular weight excluding hydrogens is 290 g/mol. The molecule has 0 amide bonds. The smallest absolute Gasteiger partial charge is 0.284 e. The van der Waals surface area contributed by atoms with Crippen molar-refractivity contribution in [1.82, 2.24) is 14.8 Å². The molecule has 0 atom stereocenters. The van der Waals surface area contributed by atoms with E-state index in [1.807, 2.05) is 37.3 Å². The van der Waals surface area contributed by atoms with E-state index < -0.39 is 0 Å². The number of nitrogens with zero attached hydrogens (tertiary/aromatic N) is 1. The van der Waals surface area contributed by atoms with Crippen LogP contribution in [0.4, 0.5) is 0 Å². The highest BCUT2D eigenvalue weighted by Crippen LogP contribution is 2.13. The molecule has 120 valence electrons. The van der Waals surface area contributed by atoms with E-state index in [4.69, 9.17) is 0 Å². The molecule has 0 saturated heterocycles. The first-order valence-electron chi connectivity index (χ1n) is 7.91. The number of H-pyrrole nitrogens is 2. The maximum Gasteiger partial charge on any atom is 0.284 e. The number of hydrogen-bond acceptors (Lipinski definition) is 2. The zero-order chi connectivity index (χ0) is 16.6. The molecule has 0 radical (unpaired) electrons. The average Bonchev–Trinajstić information content (AvgIpc) is 2.84. The summed E-state index contributed by atoms with van der Waals surface area (Å²) in [6, 6.07) is 9.25. The molecule has 2 heterocycles. The quantitative estimate of drug-likeness (QED) is 0.777. The van der Waals surface area contributed by atoms with Crippen LogP contribution in [-0.4, -0.2) is 14.8 Å². The molecule has 0 aliphatic rings. The van der Waals surface area contributed by atoms with E-state index in [-0.39, 0.29) is 16.4 Å². The first-order chi connectivity index (χ1) is 11.0. The third-order valence-electron chi connectivity index (χ3n) is 4.14. The molecule has 0 bridgehead atoms. The van der Waals surface area contributed by atoms with Gasteiger partial charge in [-0.2, -0.15) is 0 Å². The number of hydrogen-bond donors (Lipinski definition) is 2. The molecule has 1 aromatic carbocycles. The van der Waals surface area contributed by atoms with Gasteiger partial charge in [0.15, 0.2) is 5.43 Å². The van der Waals surface area contributed by atoms with E-state index in [0.717, 1.165) is 12.1 Å². The van der Waals surface area contributed by atoms with E-state index in [1.165, 1.54) is 4.68 Å². The topological polar surface area (TPSA) is 70.7 Å². The second kappa shape index (κ2) is 5.91. The number of aromatic nitrogens is 3. The Labute approximate surface area is 134 Å². The van der Waals surface area contributed by atoms with Crippen molar-refractivity contribution in [3.8, 4) is 5.69 Å². The summed E-state index contributed by atoms with van der Waals surface area (Å²) in [7, 11) is 0. The van der Waals surface area contributed by atoms with Gasteiger partial charge in [0.05, 0.1) is 5.69 Å². The largest absolute Gasteiger partial charge is 0.343 e. The number of fused-ring (bicyclic) bond motifs is 1. The molecule has 5 heteroatoms. The van der Waals surface area contributed by atoms with Crippen LogP contribution in [0.1, 0.15) is 31.5 Å². The van der Waals surface area contributed by atoms with E-state index in [1.54, 1.807) is 0 Å². The molecule has 0 aliphatic heterocycles. The van der Waals surface area contributed by atoms with Crippen LogP contribution in [-0.2, 0) is 6.42 Å². The predicted octanol–water partition coefficient (Wildman–Crippen LogP) is 2.90. The van der Waals surface area contributed by atoms with Crippen LogP contribution in [0.2, 0.25) is 0 Å². The fourth-order valence-corrected chi connectivity index (χ4v) is 2.82. The molecule has 2 N–H and O–H groups in total. The lowest BCUT2D eigenvalue weighted by Crippen LogP contribution is -2.21. The van der Waals surface area contributed by atoms with Crippen molar-refractivity contribution in [2.45, 2.75) is 33.6 Å². The molecule has 3 aromatic rings. The number of para-hydroxylation sites is 1. The lowest BCUT2D eigenvalue weighted by molar-refractivity contribution is 0.584.